The molecule has 0 saturated heterocycles. The van der Waals surface area contributed by atoms with Crippen LogP contribution < -0.4 is 0 Å². The molecule has 1 aliphatic rings. The van der Waals surface area contributed by atoms with Gasteiger partial charge in [-0.25, -0.2) is 4.98 Å². The minimum atomic E-state index is -1.80. The Morgan fingerprint density at radius 1 is 1.21 bits per heavy atom. The molecule has 2 amide bonds. The van der Waals surface area contributed by atoms with Crippen LogP contribution in [-0.2, 0) is 20.6 Å². The first kappa shape index (κ1) is 21.3. The topological polar surface area (TPSA) is 84.7 Å². The van der Waals surface area contributed by atoms with Crippen molar-refractivity contribution < 1.29 is 19.1 Å². The van der Waals surface area contributed by atoms with E-state index in [-0.39, 0.29) is 10.6 Å². The van der Waals surface area contributed by atoms with E-state index in [0.29, 0.717) is 24.4 Å². The lowest BCUT2D eigenvalue weighted by Crippen LogP contribution is -2.41. The summed E-state index contributed by atoms with van der Waals surface area (Å²) in [6.07, 6.45) is 4.28. The summed E-state index contributed by atoms with van der Waals surface area (Å²) in [6, 6.07) is 3.62. The first-order chi connectivity index (χ1) is 13.5. The first-order valence-corrected chi connectivity index (χ1v) is 12.7. The van der Waals surface area contributed by atoms with Gasteiger partial charge < -0.3 is 14.1 Å². The highest BCUT2D eigenvalue weighted by atomic mass is 28.4. The number of pyridine rings is 1. The van der Waals surface area contributed by atoms with Crippen LogP contribution in [0.5, 0.6) is 0 Å². The Hall–Kier alpha value is -2.45. The molecule has 0 fully saturated rings. The molecule has 1 aliphatic heterocycles. The maximum atomic E-state index is 12.5. The zero-order valence-electron chi connectivity index (χ0n) is 17.9. The second kappa shape index (κ2) is 7.42. The number of aliphatic hydroxyl groups excluding tert-OH is 1. The molecule has 2 aromatic heterocycles. The standard InChI is InChI=1S/C21H29N3O4Si/c1-21(2,3)29(5,6)28-12-8-11-24-13-15(14-9-7-10-22-18(14)24)16-17(25)20(27)23(4)19(16)26/h7,9-10,13,25H,8,11-12H2,1-6H3. The highest BCUT2D eigenvalue weighted by Crippen LogP contribution is 2.37. The number of likely N-dealkylation sites (N-methyl/N-ethyl adjacent to an activating group) is 1. The first-order valence-electron chi connectivity index (χ1n) is 9.79. The van der Waals surface area contributed by atoms with E-state index >= 15 is 0 Å². The van der Waals surface area contributed by atoms with Gasteiger partial charge in [0.1, 0.15) is 5.65 Å². The fourth-order valence-corrected chi connectivity index (χ4v) is 4.23. The fourth-order valence-electron chi connectivity index (χ4n) is 3.14. The average Bonchev–Trinajstić information content (AvgIpc) is 3.09. The van der Waals surface area contributed by atoms with Crippen LogP contribution in [-0.4, -0.2) is 53.3 Å². The summed E-state index contributed by atoms with van der Waals surface area (Å²) >= 11 is 0. The van der Waals surface area contributed by atoms with E-state index in [1.165, 1.54) is 7.05 Å². The highest BCUT2D eigenvalue weighted by molar-refractivity contribution is 6.74. The van der Waals surface area contributed by atoms with Gasteiger partial charge in [0.25, 0.3) is 11.8 Å². The lowest BCUT2D eigenvalue weighted by atomic mass is 10.1. The number of nitrogens with zero attached hydrogens (tertiary/aromatic N) is 3. The van der Waals surface area contributed by atoms with Crippen molar-refractivity contribution in [2.75, 3.05) is 13.7 Å². The maximum Gasteiger partial charge on any atom is 0.296 e. The molecular formula is C21H29N3O4Si. The molecule has 0 unspecified atom stereocenters. The number of aliphatic hydroxyl groups is 1. The van der Waals surface area contributed by atoms with E-state index in [9.17, 15) is 14.7 Å². The van der Waals surface area contributed by atoms with Crippen LogP contribution in [0.3, 0.4) is 0 Å². The molecule has 3 heterocycles. The predicted octanol–water partition coefficient (Wildman–Crippen LogP) is 3.72. The number of imide groups is 1. The molecule has 2 aromatic rings. The van der Waals surface area contributed by atoms with Crippen molar-refractivity contribution in [1.82, 2.24) is 14.5 Å². The number of rotatable bonds is 6. The largest absolute Gasteiger partial charge is 0.502 e. The van der Waals surface area contributed by atoms with Crippen LogP contribution in [0.25, 0.3) is 16.6 Å². The van der Waals surface area contributed by atoms with Crippen molar-refractivity contribution in [3.8, 4) is 0 Å². The van der Waals surface area contributed by atoms with Crippen molar-refractivity contribution in [3.05, 3.63) is 35.8 Å². The van der Waals surface area contributed by atoms with Gasteiger partial charge in [-0.15, -0.1) is 0 Å². The van der Waals surface area contributed by atoms with E-state index in [0.717, 1.165) is 16.7 Å². The van der Waals surface area contributed by atoms with Gasteiger partial charge in [0, 0.05) is 43.5 Å². The van der Waals surface area contributed by atoms with Crippen molar-refractivity contribution in [1.29, 1.82) is 0 Å². The second-order valence-electron chi connectivity index (χ2n) is 8.97. The number of amides is 2. The van der Waals surface area contributed by atoms with Crippen LogP contribution >= 0.6 is 0 Å². The molecule has 0 radical (unpaired) electrons. The number of hydrogen-bond acceptors (Lipinski definition) is 5. The number of carbonyl (C=O) groups is 2. The number of hydrogen-bond donors (Lipinski definition) is 1. The summed E-state index contributed by atoms with van der Waals surface area (Å²) in [4.78, 5) is 29.8. The zero-order chi connectivity index (χ0) is 21.6. The minimum Gasteiger partial charge on any atom is -0.502 e. The van der Waals surface area contributed by atoms with Gasteiger partial charge in [-0.3, -0.25) is 14.5 Å². The Kier molecular flexibility index (Phi) is 5.44. The van der Waals surface area contributed by atoms with Gasteiger partial charge in [-0.1, -0.05) is 20.8 Å². The molecule has 156 valence electrons. The van der Waals surface area contributed by atoms with Crippen molar-refractivity contribution in [2.24, 2.45) is 0 Å². The number of aromatic nitrogens is 2. The SMILES string of the molecule is CN1C(=O)C(O)=C(c2cn(CCCO[Si](C)(C)C(C)(C)C)c3ncccc23)C1=O. The van der Waals surface area contributed by atoms with Crippen LogP contribution in [0, 0.1) is 0 Å². The number of aryl methyl sites for hydroxylation is 1. The molecule has 3 rings (SSSR count). The smallest absolute Gasteiger partial charge is 0.296 e. The molecule has 0 atom stereocenters. The Bertz CT molecular complexity index is 1000. The third-order valence-electron chi connectivity index (χ3n) is 5.98. The summed E-state index contributed by atoms with van der Waals surface area (Å²) < 4.78 is 8.20. The summed E-state index contributed by atoms with van der Waals surface area (Å²) in [5.41, 5.74) is 1.27. The average molecular weight is 416 g/mol. The molecule has 7 nitrogen and oxygen atoms in total. The van der Waals surface area contributed by atoms with Gasteiger partial charge in [-0.2, -0.15) is 0 Å². The lowest BCUT2D eigenvalue weighted by Gasteiger charge is -2.36. The zero-order valence-corrected chi connectivity index (χ0v) is 18.9. The van der Waals surface area contributed by atoms with Crippen molar-refractivity contribution in [3.63, 3.8) is 0 Å². The van der Waals surface area contributed by atoms with E-state index in [1.54, 1.807) is 18.5 Å². The van der Waals surface area contributed by atoms with Gasteiger partial charge in [0.05, 0.1) is 5.57 Å². The van der Waals surface area contributed by atoms with Crippen LogP contribution in [0.4, 0.5) is 0 Å². The van der Waals surface area contributed by atoms with Crippen LogP contribution in [0.15, 0.2) is 30.3 Å². The van der Waals surface area contributed by atoms with Crippen molar-refractivity contribution in [2.45, 2.75) is 51.9 Å². The van der Waals surface area contributed by atoms with Gasteiger partial charge in [0.2, 0.25) is 0 Å². The van der Waals surface area contributed by atoms with Crippen LogP contribution in [0.2, 0.25) is 18.1 Å². The third-order valence-corrected chi connectivity index (χ3v) is 10.5. The molecule has 1 N–H and O–H groups in total. The molecule has 8 heteroatoms. The maximum absolute atomic E-state index is 12.5. The quantitative estimate of drug-likeness (QED) is 0.442. The summed E-state index contributed by atoms with van der Waals surface area (Å²) in [6.45, 7) is 12.4. The third kappa shape index (κ3) is 3.74. The summed E-state index contributed by atoms with van der Waals surface area (Å²) in [7, 11) is -0.435. The number of fused-ring (bicyclic) bond motifs is 1. The Morgan fingerprint density at radius 2 is 1.90 bits per heavy atom. The molecule has 29 heavy (non-hydrogen) atoms. The summed E-state index contributed by atoms with van der Waals surface area (Å²) in [5.74, 6) is -1.70. The monoisotopic (exact) mass is 415 g/mol. The van der Waals surface area contributed by atoms with E-state index in [1.807, 2.05) is 10.6 Å². The van der Waals surface area contributed by atoms with E-state index in [2.05, 4.69) is 38.8 Å². The normalized spacial score (nSPS) is 15.9. The Labute approximate surface area is 172 Å². The second-order valence-corrected chi connectivity index (χ2v) is 13.8. The minimum absolute atomic E-state index is 0.0340. The van der Waals surface area contributed by atoms with E-state index < -0.39 is 25.9 Å². The van der Waals surface area contributed by atoms with Crippen molar-refractivity contribution >= 4 is 36.7 Å². The highest BCUT2D eigenvalue weighted by Gasteiger charge is 2.38. The molecular weight excluding hydrogens is 386 g/mol. The fraction of sp³-hybridized carbons (Fsp3) is 0.476. The predicted molar refractivity (Wildman–Crippen MR) is 115 cm³/mol. The summed E-state index contributed by atoms with van der Waals surface area (Å²) in [5, 5.41) is 11.1. The van der Waals surface area contributed by atoms with Crippen LogP contribution in [0.1, 0.15) is 32.8 Å². The Balaban J connectivity index is 1.85. The Morgan fingerprint density at radius 3 is 2.48 bits per heavy atom. The molecule has 0 aromatic carbocycles. The lowest BCUT2D eigenvalue weighted by molar-refractivity contribution is -0.136. The van der Waals surface area contributed by atoms with Gasteiger partial charge in [-0.05, 0) is 36.7 Å². The molecule has 0 bridgehead atoms. The molecule has 0 saturated carbocycles. The van der Waals surface area contributed by atoms with Gasteiger partial charge >= 0.3 is 0 Å². The molecule has 0 spiro atoms. The van der Waals surface area contributed by atoms with E-state index in [4.69, 9.17) is 4.43 Å². The molecule has 0 aliphatic carbocycles. The number of carbonyl (C=O) groups excluding carboxylic acids is 2. The van der Waals surface area contributed by atoms with Gasteiger partial charge in [0.15, 0.2) is 14.1 Å².